The summed E-state index contributed by atoms with van der Waals surface area (Å²) in [6.07, 6.45) is 3.32. The molecule has 5 nitrogen and oxygen atoms in total. The highest BCUT2D eigenvalue weighted by atomic mass is 79.9. The van der Waals surface area contributed by atoms with E-state index in [9.17, 15) is 8.78 Å². The number of aromatic nitrogens is 3. The molecule has 0 bridgehead atoms. The van der Waals surface area contributed by atoms with E-state index in [1.54, 1.807) is 16.8 Å². The predicted octanol–water partition coefficient (Wildman–Crippen LogP) is 5.46. The molecule has 1 aromatic heterocycles. The van der Waals surface area contributed by atoms with Crippen LogP contribution in [-0.4, -0.2) is 21.4 Å². The molecule has 2 aromatic carbocycles. The Bertz CT molecular complexity index is 1000. The quantitative estimate of drug-likeness (QED) is 0.520. The summed E-state index contributed by atoms with van der Waals surface area (Å²) in [5, 5.41) is 7.46. The minimum atomic E-state index is -2.92. The fourth-order valence-electron chi connectivity index (χ4n) is 2.91. The lowest BCUT2D eigenvalue weighted by Crippen LogP contribution is -2.21. The Morgan fingerprint density at radius 1 is 1.07 bits per heavy atom. The molecular weight excluding hydrogens is 486 g/mol. The van der Waals surface area contributed by atoms with Crippen molar-refractivity contribution in [2.45, 2.75) is 12.7 Å². The highest BCUT2D eigenvalue weighted by molar-refractivity contribution is 9.10. The highest BCUT2D eigenvalue weighted by Gasteiger charge is 2.27. The van der Waals surface area contributed by atoms with Crippen LogP contribution in [-0.2, 0) is 0 Å². The number of hydrogen-bond acceptors (Lipinski definition) is 4. The number of allylic oxidation sites excluding steroid dienone is 1. The van der Waals surface area contributed by atoms with E-state index < -0.39 is 12.7 Å². The Morgan fingerprint density at radius 3 is 2.56 bits per heavy atom. The van der Waals surface area contributed by atoms with Crippen LogP contribution in [0.25, 0.3) is 5.70 Å². The van der Waals surface area contributed by atoms with Crippen molar-refractivity contribution < 1.29 is 13.5 Å². The third-order valence-electron chi connectivity index (χ3n) is 4.07. The van der Waals surface area contributed by atoms with Crippen molar-refractivity contribution in [2.24, 2.45) is 0 Å². The molecule has 1 aliphatic rings. The summed E-state index contributed by atoms with van der Waals surface area (Å²) in [6, 6.07) is 12.2. The third kappa shape index (κ3) is 3.74. The van der Waals surface area contributed by atoms with Crippen LogP contribution in [0.2, 0.25) is 0 Å². The first kappa shape index (κ1) is 18.1. The van der Waals surface area contributed by atoms with E-state index in [1.807, 2.05) is 30.3 Å². The molecule has 27 heavy (non-hydrogen) atoms. The zero-order valence-electron chi connectivity index (χ0n) is 13.6. The minimum absolute atomic E-state index is 0.0907. The third-order valence-corrected chi connectivity index (χ3v) is 5.09. The summed E-state index contributed by atoms with van der Waals surface area (Å²) in [5.41, 5.74) is 2.28. The Morgan fingerprint density at radius 2 is 1.81 bits per heavy atom. The first-order valence-corrected chi connectivity index (χ1v) is 9.48. The van der Waals surface area contributed by atoms with Crippen molar-refractivity contribution in [3.8, 4) is 5.75 Å². The second kappa shape index (κ2) is 7.40. The fraction of sp³-hybridized carbons (Fsp3) is 0.111. The average Bonchev–Trinajstić information content (AvgIpc) is 3.11. The lowest BCUT2D eigenvalue weighted by Gasteiger charge is -2.26. The van der Waals surface area contributed by atoms with E-state index in [0.717, 1.165) is 20.2 Å². The predicted molar refractivity (Wildman–Crippen MR) is 105 cm³/mol. The molecule has 1 N–H and O–H groups in total. The van der Waals surface area contributed by atoms with Gasteiger partial charge in [-0.25, -0.2) is 4.68 Å². The van der Waals surface area contributed by atoms with E-state index in [1.165, 1.54) is 12.4 Å². The molecule has 0 unspecified atom stereocenters. The number of nitrogens with one attached hydrogen (secondary N) is 1. The van der Waals surface area contributed by atoms with E-state index in [0.29, 0.717) is 11.5 Å². The van der Waals surface area contributed by atoms with Crippen molar-refractivity contribution in [1.29, 1.82) is 0 Å². The van der Waals surface area contributed by atoms with Gasteiger partial charge in [-0.1, -0.05) is 44.0 Å². The van der Waals surface area contributed by atoms with Gasteiger partial charge in [0.05, 0.1) is 0 Å². The van der Waals surface area contributed by atoms with Crippen molar-refractivity contribution in [3.63, 3.8) is 0 Å². The number of ether oxygens (including phenoxy) is 1. The zero-order valence-corrected chi connectivity index (χ0v) is 16.8. The van der Waals surface area contributed by atoms with Gasteiger partial charge in [0.1, 0.15) is 18.1 Å². The largest absolute Gasteiger partial charge is 0.434 e. The van der Waals surface area contributed by atoms with Gasteiger partial charge in [0.2, 0.25) is 5.95 Å². The number of hydrogen-bond donors (Lipinski definition) is 1. The van der Waals surface area contributed by atoms with Gasteiger partial charge in [0.25, 0.3) is 0 Å². The highest BCUT2D eigenvalue weighted by Crippen LogP contribution is 2.38. The molecule has 0 saturated heterocycles. The number of benzene rings is 2. The molecule has 3 aromatic rings. The fourth-order valence-corrected chi connectivity index (χ4v) is 3.55. The van der Waals surface area contributed by atoms with Gasteiger partial charge < -0.3 is 10.1 Å². The van der Waals surface area contributed by atoms with Crippen molar-refractivity contribution in [2.75, 3.05) is 5.32 Å². The Kier molecular flexibility index (Phi) is 4.96. The summed E-state index contributed by atoms with van der Waals surface area (Å²) >= 11 is 6.82. The molecule has 2 heterocycles. The molecular formula is C18H12Br2F2N4O. The molecule has 138 valence electrons. The summed E-state index contributed by atoms with van der Waals surface area (Å²) < 4.78 is 33.8. The topological polar surface area (TPSA) is 52.0 Å². The van der Waals surface area contributed by atoms with E-state index >= 15 is 0 Å². The van der Waals surface area contributed by atoms with Gasteiger partial charge in [-0.05, 0) is 42.0 Å². The minimum Gasteiger partial charge on any atom is -0.434 e. The van der Waals surface area contributed by atoms with Crippen LogP contribution in [0.3, 0.4) is 0 Å². The second-order valence-electron chi connectivity index (χ2n) is 5.75. The van der Waals surface area contributed by atoms with Gasteiger partial charge in [0.15, 0.2) is 0 Å². The molecule has 0 saturated carbocycles. The van der Waals surface area contributed by atoms with Crippen molar-refractivity contribution in [1.82, 2.24) is 14.8 Å². The number of anilines is 1. The average molecular weight is 498 g/mol. The summed E-state index contributed by atoms with van der Waals surface area (Å²) in [4.78, 5) is 4.23. The van der Waals surface area contributed by atoms with Crippen LogP contribution in [0.1, 0.15) is 17.2 Å². The number of rotatable bonds is 4. The first-order valence-electron chi connectivity index (χ1n) is 7.90. The summed E-state index contributed by atoms with van der Waals surface area (Å²) in [5.74, 6) is 0.608. The molecule has 1 aliphatic heterocycles. The van der Waals surface area contributed by atoms with Crippen LogP contribution >= 0.6 is 31.9 Å². The molecule has 1 atom stereocenters. The maximum Gasteiger partial charge on any atom is 0.387 e. The van der Waals surface area contributed by atoms with Crippen LogP contribution in [0, 0.1) is 0 Å². The number of nitrogens with zero attached hydrogens (tertiary/aromatic N) is 3. The molecule has 0 fully saturated rings. The SMILES string of the molecule is FC(F)Oc1ccc(Br)cc1[C@@H]1C=C(c2ccc(Br)cc2)Nc2ncnn21. The summed E-state index contributed by atoms with van der Waals surface area (Å²) in [6.45, 7) is -2.92. The van der Waals surface area contributed by atoms with Crippen LogP contribution in [0.4, 0.5) is 14.7 Å². The smallest absolute Gasteiger partial charge is 0.387 e. The van der Waals surface area contributed by atoms with Gasteiger partial charge >= 0.3 is 6.61 Å². The van der Waals surface area contributed by atoms with E-state index in [-0.39, 0.29) is 5.75 Å². The van der Waals surface area contributed by atoms with Gasteiger partial charge in [-0.15, -0.1) is 0 Å². The van der Waals surface area contributed by atoms with Gasteiger partial charge in [-0.2, -0.15) is 18.9 Å². The van der Waals surface area contributed by atoms with Gasteiger partial charge in [0, 0.05) is 20.2 Å². The normalized spacial score (nSPS) is 15.9. The van der Waals surface area contributed by atoms with Crippen molar-refractivity contribution in [3.05, 3.63) is 74.9 Å². The number of alkyl halides is 2. The zero-order chi connectivity index (χ0) is 19.0. The molecule has 0 amide bonds. The molecule has 9 heteroatoms. The lowest BCUT2D eigenvalue weighted by molar-refractivity contribution is -0.0506. The molecule has 0 aliphatic carbocycles. The standard InChI is InChI=1S/C18H12Br2F2N4O/c19-11-3-1-10(2-4-11)14-8-15(26-18(25-14)23-9-24-26)13-7-12(20)5-6-16(13)27-17(21)22/h1-9,15,17H,(H,23,24,25)/t15-/m0/s1. The van der Waals surface area contributed by atoms with Crippen LogP contribution in [0.5, 0.6) is 5.75 Å². The Hall–Kier alpha value is -2.26. The van der Waals surface area contributed by atoms with E-state index in [2.05, 4.69) is 47.3 Å². The van der Waals surface area contributed by atoms with Crippen molar-refractivity contribution >= 4 is 43.5 Å². The molecule has 0 spiro atoms. The lowest BCUT2D eigenvalue weighted by atomic mass is 10.0. The van der Waals surface area contributed by atoms with Crippen LogP contribution < -0.4 is 10.1 Å². The first-order chi connectivity index (χ1) is 13.0. The van der Waals surface area contributed by atoms with Gasteiger partial charge in [-0.3, -0.25) is 0 Å². The summed E-state index contributed by atoms with van der Waals surface area (Å²) in [7, 11) is 0. The van der Waals surface area contributed by atoms with E-state index in [4.69, 9.17) is 4.74 Å². The Balaban J connectivity index is 1.83. The molecule has 0 radical (unpaired) electrons. The molecule has 4 rings (SSSR count). The monoisotopic (exact) mass is 496 g/mol. The Labute approximate surface area is 170 Å². The number of fused-ring (bicyclic) bond motifs is 1. The second-order valence-corrected chi connectivity index (χ2v) is 7.58. The maximum atomic E-state index is 12.9. The number of halogens is 4. The van der Waals surface area contributed by atoms with Crippen LogP contribution in [0.15, 0.2) is 63.8 Å². The maximum absolute atomic E-state index is 12.9.